The minimum atomic E-state index is -0.00269. The van der Waals surface area contributed by atoms with Gasteiger partial charge in [-0.3, -0.25) is 4.90 Å². The van der Waals surface area contributed by atoms with E-state index >= 15 is 0 Å². The first-order chi connectivity index (χ1) is 12.2. The first kappa shape index (κ1) is 20.7. The van der Waals surface area contributed by atoms with Gasteiger partial charge in [0.15, 0.2) is 5.96 Å². The van der Waals surface area contributed by atoms with Crippen LogP contribution in [0.4, 0.5) is 0 Å². The number of aliphatic imine (C=N–C) groups is 1. The Morgan fingerprint density at radius 3 is 2.23 bits per heavy atom. The second-order valence-corrected chi connectivity index (χ2v) is 8.34. The highest BCUT2D eigenvalue weighted by molar-refractivity contribution is 5.80. The second kappa shape index (κ2) is 9.38. The summed E-state index contributed by atoms with van der Waals surface area (Å²) >= 11 is 0. The summed E-state index contributed by atoms with van der Waals surface area (Å²) in [6, 6.07) is 8.82. The van der Waals surface area contributed by atoms with Gasteiger partial charge in [0.2, 0.25) is 0 Å². The van der Waals surface area contributed by atoms with Crippen LogP contribution in [0.3, 0.4) is 0 Å². The van der Waals surface area contributed by atoms with E-state index in [-0.39, 0.29) is 5.54 Å². The molecular formula is C21H36N4O. The van der Waals surface area contributed by atoms with Crippen molar-refractivity contribution in [1.82, 2.24) is 15.5 Å². The van der Waals surface area contributed by atoms with Gasteiger partial charge in [0.25, 0.3) is 0 Å². The minimum Gasteiger partial charge on any atom is -0.373 e. The molecule has 0 amide bonds. The van der Waals surface area contributed by atoms with Crippen molar-refractivity contribution in [3.63, 3.8) is 0 Å². The molecule has 2 atom stereocenters. The van der Waals surface area contributed by atoms with E-state index in [9.17, 15) is 0 Å². The predicted octanol–water partition coefficient (Wildman–Crippen LogP) is 3.15. The molecule has 1 aliphatic heterocycles. The summed E-state index contributed by atoms with van der Waals surface area (Å²) in [4.78, 5) is 7.18. The van der Waals surface area contributed by atoms with Crippen LogP contribution in [0.1, 0.15) is 52.7 Å². The van der Waals surface area contributed by atoms with Crippen LogP contribution in [0.5, 0.6) is 0 Å². The summed E-state index contributed by atoms with van der Waals surface area (Å²) in [6.07, 6.45) is 0.624. The molecule has 1 aliphatic rings. The molecule has 1 aromatic rings. The Morgan fingerprint density at radius 1 is 1.12 bits per heavy atom. The number of nitrogens with one attached hydrogen (secondary N) is 2. The summed E-state index contributed by atoms with van der Waals surface area (Å²) in [5.74, 6) is 0.861. The molecule has 1 fully saturated rings. The van der Waals surface area contributed by atoms with Crippen molar-refractivity contribution in [2.24, 2.45) is 4.99 Å². The van der Waals surface area contributed by atoms with Gasteiger partial charge in [0.1, 0.15) is 0 Å². The van der Waals surface area contributed by atoms with Crippen LogP contribution in [0, 0.1) is 0 Å². The van der Waals surface area contributed by atoms with Crippen LogP contribution < -0.4 is 10.6 Å². The number of hydrogen-bond donors (Lipinski definition) is 2. The smallest absolute Gasteiger partial charge is 0.191 e. The monoisotopic (exact) mass is 360 g/mol. The highest BCUT2D eigenvalue weighted by Crippen LogP contribution is 2.15. The zero-order valence-corrected chi connectivity index (χ0v) is 17.3. The van der Waals surface area contributed by atoms with Crippen molar-refractivity contribution in [2.75, 3.05) is 19.6 Å². The lowest BCUT2D eigenvalue weighted by molar-refractivity contribution is -0.0704. The lowest BCUT2D eigenvalue weighted by Crippen LogP contribution is -2.47. The highest BCUT2D eigenvalue weighted by atomic mass is 16.5. The number of ether oxygens (including phenoxy) is 1. The summed E-state index contributed by atoms with van der Waals surface area (Å²) < 4.78 is 5.81. The van der Waals surface area contributed by atoms with Crippen molar-refractivity contribution < 1.29 is 4.74 Å². The molecule has 26 heavy (non-hydrogen) atoms. The Morgan fingerprint density at radius 2 is 1.69 bits per heavy atom. The molecule has 1 saturated heterocycles. The minimum absolute atomic E-state index is 0.00269. The Kier molecular flexibility index (Phi) is 7.47. The lowest BCUT2D eigenvalue weighted by Gasteiger charge is -2.35. The Labute approximate surface area is 159 Å². The van der Waals surface area contributed by atoms with Gasteiger partial charge in [-0.1, -0.05) is 24.3 Å². The van der Waals surface area contributed by atoms with Crippen LogP contribution in [0.25, 0.3) is 0 Å². The molecule has 0 saturated carbocycles. The maximum absolute atomic E-state index is 5.81. The average Bonchev–Trinajstić information content (AvgIpc) is 2.52. The van der Waals surface area contributed by atoms with Crippen LogP contribution in [0.15, 0.2) is 29.3 Å². The third kappa shape index (κ3) is 7.34. The molecule has 0 bridgehead atoms. The van der Waals surface area contributed by atoms with E-state index in [2.05, 4.69) is 81.3 Å². The quantitative estimate of drug-likeness (QED) is 0.626. The number of morpholine rings is 1. The number of nitrogens with zero attached hydrogens (tertiary/aromatic N) is 2. The molecule has 0 spiro atoms. The Bertz CT molecular complexity index is 567. The second-order valence-electron chi connectivity index (χ2n) is 8.34. The van der Waals surface area contributed by atoms with Crippen molar-refractivity contribution in [1.29, 1.82) is 0 Å². The lowest BCUT2D eigenvalue weighted by atomic mass is 10.1. The normalized spacial score (nSPS) is 22.3. The van der Waals surface area contributed by atoms with Crippen molar-refractivity contribution in [3.8, 4) is 0 Å². The highest BCUT2D eigenvalue weighted by Gasteiger charge is 2.21. The van der Waals surface area contributed by atoms with Gasteiger partial charge >= 0.3 is 0 Å². The number of hydrogen-bond acceptors (Lipinski definition) is 3. The molecular weight excluding hydrogens is 324 g/mol. The van der Waals surface area contributed by atoms with E-state index in [1.165, 1.54) is 11.1 Å². The summed E-state index contributed by atoms with van der Waals surface area (Å²) in [5, 5.41) is 6.73. The summed E-state index contributed by atoms with van der Waals surface area (Å²) in [6.45, 7) is 17.3. The first-order valence-corrected chi connectivity index (χ1v) is 9.77. The van der Waals surface area contributed by atoms with Gasteiger partial charge in [-0.15, -0.1) is 0 Å². The van der Waals surface area contributed by atoms with E-state index in [0.29, 0.717) is 18.8 Å². The number of guanidine groups is 1. The van der Waals surface area contributed by atoms with Crippen molar-refractivity contribution in [2.45, 2.75) is 72.4 Å². The van der Waals surface area contributed by atoms with Crippen LogP contribution in [0.2, 0.25) is 0 Å². The van der Waals surface area contributed by atoms with Crippen molar-refractivity contribution >= 4 is 5.96 Å². The molecule has 2 unspecified atom stereocenters. The third-order valence-corrected chi connectivity index (χ3v) is 4.18. The molecule has 2 rings (SSSR count). The average molecular weight is 361 g/mol. The zero-order chi connectivity index (χ0) is 19.2. The maximum Gasteiger partial charge on any atom is 0.191 e. The van der Waals surface area contributed by atoms with Gasteiger partial charge in [-0.2, -0.15) is 0 Å². The maximum atomic E-state index is 5.81. The van der Waals surface area contributed by atoms with E-state index in [1.807, 2.05) is 0 Å². The fourth-order valence-corrected chi connectivity index (χ4v) is 3.25. The summed E-state index contributed by atoms with van der Waals surface area (Å²) in [7, 11) is 0. The molecule has 146 valence electrons. The zero-order valence-electron chi connectivity index (χ0n) is 17.3. The molecule has 1 heterocycles. The largest absolute Gasteiger partial charge is 0.373 e. The standard InChI is InChI=1S/C21H36N4O/c1-7-22-20(24-21(4,5)6)23-12-18-8-10-19(11-9-18)15-25-13-16(2)26-17(3)14-25/h8-11,16-17H,7,12-15H2,1-6H3,(H2,22,23,24). The Hall–Kier alpha value is -1.59. The van der Waals surface area contributed by atoms with E-state index in [1.54, 1.807) is 0 Å². The molecule has 0 aliphatic carbocycles. The van der Waals surface area contributed by atoms with E-state index in [4.69, 9.17) is 9.73 Å². The van der Waals surface area contributed by atoms with Gasteiger partial charge in [-0.25, -0.2) is 4.99 Å². The fourth-order valence-electron chi connectivity index (χ4n) is 3.25. The first-order valence-electron chi connectivity index (χ1n) is 9.77. The molecule has 1 aromatic carbocycles. The van der Waals surface area contributed by atoms with Crippen LogP contribution in [-0.4, -0.2) is 48.2 Å². The van der Waals surface area contributed by atoms with Gasteiger partial charge in [-0.05, 0) is 52.7 Å². The molecule has 5 nitrogen and oxygen atoms in total. The molecule has 5 heteroatoms. The summed E-state index contributed by atoms with van der Waals surface area (Å²) in [5.41, 5.74) is 2.57. The van der Waals surface area contributed by atoms with E-state index < -0.39 is 0 Å². The SMILES string of the molecule is CCNC(=NCc1ccc(CN2CC(C)OC(C)C2)cc1)NC(C)(C)C. The van der Waals surface area contributed by atoms with Crippen molar-refractivity contribution in [3.05, 3.63) is 35.4 Å². The molecule has 0 aromatic heterocycles. The third-order valence-electron chi connectivity index (χ3n) is 4.18. The van der Waals surface area contributed by atoms with Gasteiger partial charge < -0.3 is 15.4 Å². The van der Waals surface area contributed by atoms with Gasteiger partial charge in [0, 0.05) is 31.7 Å². The topological polar surface area (TPSA) is 48.9 Å². The van der Waals surface area contributed by atoms with Gasteiger partial charge in [0.05, 0.1) is 18.8 Å². The number of rotatable bonds is 5. The predicted molar refractivity (Wildman–Crippen MR) is 109 cm³/mol. The fraction of sp³-hybridized carbons (Fsp3) is 0.667. The van der Waals surface area contributed by atoms with Crippen LogP contribution in [-0.2, 0) is 17.8 Å². The molecule has 0 radical (unpaired) electrons. The van der Waals surface area contributed by atoms with Crippen LogP contribution >= 0.6 is 0 Å². The number of benzene rings is 1. The Balaban J connectivity index is 1.92. The molecule has 2 N–H and O–H groups in total. The van der Waals surface area contributed by atoms with E-state index in [0.717, 1.165) is 32.1 Å².